The lowest BCUT2D eigenvalue weighted by Gasteiger charge is -2.13. The smallest absolute Gasteiger partial charge is 0.226 e. The van der Waals surface area contributed by atoms with E-state index in [0.717, 1.165) is 28.8 Å². The second-order valence-corrected chi connectivity index (χ2v) is 9.18. The Morgan fingerprint density at radius 2 is 1.69 bits per heavy atom. The minimum Gasteiger partial charge on any atom is -0.352 e. The number of halogens is 1. The minimum absolute atomic E-state index is 0.00132. The molecule has 180 valence electrons. The zero-order chi connectivity index (χ0) is 24.6. The highest BCUT2D eigenvalue weighted by Crippen LogP contribution is 2.24. The molecule has 0 radical (unpaired) electrons. The molecule has 0 atom stereocenters. The van der Waals surface area contributed by atoms with E-state index >= 15 is 0 Å². The molecule has 0 saturated carbocycles. The van der Waals surface area contributed by atoms with Gasteiger partial charge in [0.25, 0.3) is 0 Å². The molecule has 1 aromatic heterocycles. The molecule has 4 aromatic rings. The Hall–Kier alpha value is -3.48. The number of aryl methyl sites for hydroxylation is 1. The van der Waals surface area contributed by atoms with Crippen molar-refractivity contribution in [3.8, 4) is 22.5 Å². The Labute approximate surface area is 210 Å². The number of amides is 1. The van der Waals surface area contributed by atoms with E-state index in [1.54, 1.807) is 12.1 Å². The molecule has 0 aliphatic rings. The van der Waals surface area contributed by atoms with E-state index in [0.29, 0.717) is 42.5 Å². The van der Waals surface area contributed by atoms with Gasteiger partial charge in [0.2, 0.25) is 17.6 Å². The van der Waals surface area contributed by atoms with Crippen LogP contribution < -0.4 is 5.32 Å². The maximum absolute atomic E-state index is 12.5. The molecule has 1 amide bonds. The molecule has 0 aliphatic heterocycles. The van der Waals surface area contributed by atoms with Crippen molar-refractivity contribution in [3.63, 3.8) is 0 Å². The van der Waals surface area contributed by atoms with Gasteiger partial charge in [-0.1, -0.05) is 65.3 Å². The van der Waals surface area contributed by atoms with Crippen LogP contribution in [0.4, 0.5) is 0 Å². The number of carbonyl (C=O) groups excluding carboxylic acids is 1. The highest BCUT2D eigenvalue weighted by atomic mass is 35.5. The van der Waals surface area contributed by atoms with Gasteiger partial charge >= 0.3 is 0 Å². The monoisotopic (exact) mass is 488 g/mol. The van der Waals surface area contributed by atoms with Crippen molar-refractivity contribution in [3.05, 3.63) is 94.8 Å². The molecule has 35 heavy (non-hydrogen) atoms. The van der Waals surface area contributed by atoms with Crippen LogP contribution in [0.3, 0.4) is 0 Å². The topological polar surface area (TPSA) is 71.3 Å². The zero-order valence-electron chi connectivity index (χ0n) is 20.0. The van der Waals surface area contributed by atoms with E-state index < -0.39 is 0 Å². The number of nitrogens with zero attached hydrogens (tertiary/aromatic N) is 3. The van der Waals surface area contributed by atoms with E-state index in [2.05, 4.69) is 70.9 Å². The third kappa shape index (κ3) is 7.01. The van der Waals surface area contributed by atoms with E-state index in [1.807, 2.05) is 24.3 Å². The van der Waals surface area contributed by atoms with Crippen molar-refractivity contribution in [2.75, 3.05) is 14.1 Å². The maximum atomic E-state index is 12.5. The van der Waals surface area contributed by atoms with Gasteiger partial charge in [-0.2, -0.15) is 4.98 Å². The molecule has 7 heteroatoms. The van der Waals surface area contributed by atoms with Crippen molar-refractivity contribution in [1.82, 2.24) is 20.4 Å². The van der Waals surface area contributed by atoms with Gasteiger partial charge in [0.05, 0.1) is 0 Å². The number of nitrogens with one attached hydrogen (secondary N) is 1. The summed E-state index contributed by atoms with van der Waals surface area (Å²) in [6.45, 7) is 1.39. The summed E-state index contributed by atoms with van der Waals surface area (Å²) in [5.74, 6) is 1.04. The Morgan fingerprint density at radius 3 is 2.43 bits per heavy atom. The quantitative estimate of drug-likeness (QED) is 0.307. The van der Waals surface area contributed by atoms with Crippen LogP contribution in [0.25, 0.3) is 22.5 Å². The Morgan fingerprint density at radius 1 is 0.971 bits per heavy atom. The molecule has 0 bridgehead atoms. The van der Waals surface area contributed by atoms with Gasteiger partial charge in [-0.3, -0.25) is 4.79 Å². The standard InChI is InChI=1S/C28H29ClN4O2/c1-33(2)19-20-10-12-21(13-11-20)25-7-4-3-6-23(25)18-30-26(34)8-5-9-27-31-28(32-35-27)22-14-16-24(29)17-15-22/h3-4,6-7,10-17H,5,8-9,18-19H2,1-2H3,(H,30,34). The number of hydrogen-bond donors (Lipinski definition) is 1. The van der Waals surface area contributed by atoms with Crippen molar-refractivity contribution in [2.24, 2.45) is 0 Å². The predicted molar refractivity (Wildman–Crippen MR) is 139 cm³/mol. The lowest BCUT2D eigenvalue weighted by atomic mass is 9.98. The number of benzene rings is 3. The molecular weight excluding hydrogens is 460 g/mol. The van der Waals surface area contributed by atoms with Crippen LogP contribution in [0.1, 0.15) is 29.9 Å². The molecule has 0 aliphatic carbocycles. The second-order valence-electron chi connectivity index (χ2n) is 8.74. The van der Waals surface area contributed by atoms with E-state index in [-0.39, 0.29) is 5.91 Å². The second kappa shape index (κ2) is 11.8. The van der Waals surface area contributed by atoms with Crippen molar-refractivity contribution in [1.29, 1.82) is 0 Å². The van der Waals surface area contributed by atoms with Gasteiger partial charge < -0.3 is 14.7 Å². The summed E-state index contributed by atoms with van der Waals surface area (Å²) in [5.41, 5.74) is 5.47. The molecule has 0 unspecified atom stereocenters. The first-order chi connectivity index (χ1) is 17.0. The molecular formula is C28H29ClN4O2. The third-order valence-electron chi connectivity index (χ3n) is 5.62. The number of rotatable bonds is 10. The van der Waals surface area contributed by atoms with Crippen molar-refractivity contribution < 1.29 is 9.32 Å². The summed E-state index contributed by atoms with van der Waals surface area (Å²) < 4.78 is 5.33. The van der Waals surface area contributed by atoms with Gasteiger partial charge in [-0.15, -0.1) is 0 Å². The fraction of sp³-hybridized carbons (Fsp3) is 0.250. The molecule has 6 nitrogen and oxygen atoms in total. The number of carbonyl (C=O) groups is 1. The molecule has 4 rings (SSSR count). The lowest BCUT2D eigenvalue weighted by molar-refractivity contribution is -0.121. The third-order valence-corrected chi connectivity index (χ3v) is 5.87. The summed E-state index contributed by atoms with van der Waals surface area (Å²) in [4.78, 5) is 19.0. The highest BCUT2D eigenvalue weighted by Gasteiger charge is 2.11. The van der Waals surface area contributed by atoms with Crippen LogP contribution in [0.5, 0.6) is 0 Å². The Bertz CT molecular complexity index is 1250. The van der Waals surface area contributed by atoms with Crippen LogP contribution >= 0.6 is 11.6 Å². The van der Waals surface area contributed by atoms with Crippen molar-refractivity contribution >= 4 is 17.5 Å². The number of hydrogen-bond acceptors (Lipinski definition) is 5. The van der Waals surface area contributed by atoms with Crippen LogP contribution in [0.15, 0.2) is 77.3 Å². The zero-order valence-corrected chi connectivity index (χ0v) is 20.8. The average molecular weight is 489 g/mol. The fourth-order valence-electron chi connectivity index (χ4n) is 3.87. The minimum atomic E-state index is -0.00132. The molecule has 1 N–H and O–H groups in total. The lowest BCUT2D eigenvalue weighted by Crippen LogP contribution is -2.22. The fourth-order valence-corrected chi connectivity index (χ4v) is 3.99. The summed E-state index contributed by atoms with van der Waals surface area (Å²) in [6.07, 6.45) is 1.56. The van der Waals surface area contributed by atoms with E-state index in [9.17, 15) is 4.79 Å². The van der Waals surface area contributed by atoms with Crippen LogP contribution in [-0.4, -0.2) is 35.0 Å². The van der Waals surface area contributed by atoms with Crippen molar-refractivity contribution in [2.45, 2.75) is 32.4 Å². The summed E-state index contributed by atoms with van der Waals surface area (Å²) in [6, 6.07) is 24.0. The Balaban J connectivity index is 1.28. The SMILES string of the molecule is CN(C)Cc1ccc(-c2ccccc2CNC(=O)CCCc2nc(-c3ccc(Cl)cc3)no2)cc1. The molecule has 0 saturated heterocycles. The molecule has 0 spiro atoms. The van der Waals surface area contributed by atoms with Gasteiger partial charge in [0.15, 0.2) is 0 Å². The summed E-state index contributed by atoms with van der Waals surface area (Å²) >= 11 is 5.92. The predicted octanol–water partition coefficient (Wildman–Crippen LogP) is 5.76. The molecule has 0 fully saturated rings. The van der Waals surface area contributed by atoms with Gasteiger partial charge in [0, 0.05) is 36.5 Å². The Kier molecular flexibility index (Phi) is 8.29. The molecule has 3 aromatic carbocycles. The highest BCUT2D eigenvalue weighted by molar-refractivity contribution is 6.30. The van der Waals surface area contributed by atoms with E-state index in [4.69, 9.17) is 16.1 Å². The summed E-state index contributed by atoms with van der Waals surface area (Å²) in [5, 5.41) is 7.72. The van der Waals surface area contributed by atoms with Crippen LogP contribution in [-0.2, 0) is 24.3 Å². The van der Waals surface area contributed by atoms with Gasteiger partial charge in [-0.05, 0) is 67.0 Å². The summed E-state index contributed by atoms with van der Waals surface area (Å²) in [7, 11) is 4.12. The normalized spacial score (nSPS) is 11.1. The first-order valence-electron chi connectivity index (χ1n) is 11.6. The molecule has 1 heterocycles. The van der Waals surface area contributed by atoms with Gasteiger partial charge in [0.1, 0.15) is 0 Å². The average Bonchev–Trinajstić information content (AvgIpc) is 3.32. The van der Waals surface area contributed by atoms with Crippen LogP contribution in [0, 0.1) is 0 Å². The first kappa shape index (κ1) is 24.6. The van der Waals surface area contributed by atoms with E-state index in [1.165, 1.54) is 5.56 Å². The largest absolute Gasteiger partial charge is 0.352 e. The number of aromatic nitrogens is 2. The van der Waals surface area contributed by atoms with Gasteiger partial charge in [-0.25, -0.2) is 0 Å². The first-order valence-corrected chi connectivity index (χ1v) is 12.0. The van der Waals surface area contributed by atoms with Crippen LogP contribution in [0.2, 0.25) is 5.02 Å². The maximum Gasteiger partial charge on any atom is 0.226 e.